The van der Waals surface area contributed by atoms with E-state index in [2.05, 4.69) is 65.8 Å². The molecule has 0 saturated heterocycles. The SMILES string of the molecule is C[C@@H](CNCc1ccc(N(C)C)cc1)Nc1ccnc2cc(Cl)ccc12.Cl.Cl.Cl. The van der Waals surface area contributed by atoms with Crippen molar-refractivity contribution in [1.29, 1.82) is 0 Å². The average Bonchev–Trinajstić information content (AvgIpc) is 2.62. The van der Waals surface area contributed by atoms with Crippen molar-refractivity contribution in [3.05, 3.63) is 65.3 Å². The van der Waals surface area contributed by atoms with Gasteiger partial charge in [0.25, 0.3) is 0 Å². The largest absolute Gasteiger partial charge is 0.381 e. The zero-order chi connectivity index (χ0) is 18.5. The van der Waals surface area contributed by atoms with E-state index in [1.807, 2.05) is 30.5 Å². The van der Waals surface area contributed by atoms with Gasteiger partial charge >= 0.3 is 0 Å². The van der Waals surface area contributed by atoms with Crippen LogP contribution >= 0.6 is 48.8 Å². The lowest BCUT2D eigenvalue weighted by Crippen LogP contribution is -2.30. The zero-order valence-corrected chi connectivity index (χ0v) is 19.9. The molecule has 0 aliphatic carbocycles. The summed E-state index contributed by atoms with van der Waals surface area (Å²) in [4.78, 5) is 6.49. The number of pyridine rings is 1. The number of fused-ring (bicyclic) bond motifs is 1. The maximum absolute atomic E-state index is 6.06. The molecule has 0 unspecified atom stereocenters. The third-order valence-corrected chi connectivity index (χ3v) is 4.57. The van der Waals surface area contributed by atoms with Gasteiger partial charge in [-0.15, -0.1) is 37.2 Å². The van der Waals surface area contributed by atoms with Crippen LogP contribution in [0.15, 0.2) is 54.7 Å². The zero-order valence-electron chi connectivity index (χ0n) is 16.7. The van der Waals surface area contributed by atoms with Gasteiger partial charge in [0.15, 0.2) is 0 Å². The van der Waals surface area contributed by atoms with Gasteiger partial charge in [-0.3, -0.25) is 4.98 Å². The Morgan fingerprint density at radius 1 is 1.00 bits per heavy atom. The number of anilines is 2. The minimum atomic E-state index is 0. The fraction of sp³-hybridized carbons (Fsp3) is 0.286. The van der Waals surface area contributed by atoms with Crippen molar-refractivity contribution in [2.45, 2.75) is 19.5 Å². The Labute approximate surface area is 196 Å². The van der Waals surface area contributed by atoms with E-state index in [1.54, 1.807) is 0 Å². The van der Waals surface area contributed by atoms with E-state index >= 15 is 0 Å². The summed E-state index contributed by atoms with van der Waals surface area (Å²) in [6, 6.07) is 16.7. The molecule has 0 aliphatic heterocycles. The number of nitrogens with one attached hydrogen (secondary N) is 2. The van der Waals surface area contributed by atoms with Crippen molar-refractivity contribution in [3.63, 3.8) is 0 Å². The van der Waals surface area contributed by atoms with Crippen molar-refractivity contribution < 1.29 is 0 Å². The highest BCUT2D eigenvalue weighted by Crippen LogP contribution is 2.24. The second-order valence-corrected chi connectivity index (χ2v) is 7.19. The van der Waals surface area contributed by atoms with Crippen LogP contribution in [0.2, 0.25) is 5.02 Å². The van der Waals surface area contributed by atoms with Gasteiger partial charge in [-0.25, -0.2) is 0 Å². The molecule has 0 amide bonds. The molecule has 8 heteroatoms. The second kappa shape index (κ2) is 13.0. The van der Waals surface area contributed by atoms with Gasteiger partial charge in [0.2, 0.25) is 0 Å². The van der Waals surface area contributed by atoms with Crippen LogP contribution in [0.4, 0.5) is 11.4 Å². The van der Waals surface area contributed by atoms with E-state index in [0.29, 0.717) is 5.02 Å². The molecule has 1 aromatic heterocycles. The van der Waals surface area contributed by atoms with Crippen LogP contribution in [0.5, 0.6) is 0 Å². The molecule has 2 aromatic carbocycles. The Morgan fingerprint density at radius 3 is 2.34 bits per heavy atom. The molecular weight excluding hydrogens is 450 g/mol. The van der Waals surface area contributed by atoms with Gasteiger partial charge < -0.3 is 15.5 Å². The quantitative estimate of drug-likeness (QED) is 0.450. The smallest absolute Gasteiger partial charge is 0.0737 e. The molecule has 0 aliphatic rings. The van der Waals surface area contributed by atoms with E-state index < -0.39 is 0 Å². The molecule has 1 atom stereocenters. The number of hydrogen-bond donors (Lipinski definition) is 2. The second-order valence-electron chi connectivity index (χ2n) is 6.76. The predicted molar refractivity (Wildman–Crippen MR) is 134 cm³/mol. The summed E-state index contributed by atoms with van der Waals surface area (Å²) in [5.41, 5.74) is 4.49. The van der Waals surface area contributed by atoms with Crippen LogP contribution in [-0.2, 0) is 6.54 Å². The average molecular weight is 478 g/mol. The summed E-state index contributed by atoms with van der Waals surface area (Å²) in [5, 5.41) is 8.87. The van der Waals surface area contributed by atoms with Gasteiger partial charge in [0, 0.05) is 61.2 Å². The van der Waals surface area contributed by atoms with Gasteiger partial charge in [0.1, 0.15) is 0 Å². The highest BCUT2D eigenvalue weighted by atomic mass is 35.5. The summed E-state index contributed by atoms with van der Waals surface area (Å²) < 4.78 is 0. The first-order chi connectivity index (χ1) is 12.5. The first-order valence-corrected chi connectivity index (χ1v) is 9.18. The third-order valence-electron chi connectivity index (χ3n) is 4.34. The van der Waals surface area contributed by atoms with Crippen molar-refractivity contribution in [3.8, 4) is 0 Å². The van der Waals surface area contributed by atoms with Crippen LogP contribution in [-0.4, -0.2) is 31.7 Å². The maximum Gasteiger partial charge on any atom is 0.0737 e. The normalized spacial score (nSPS) is 10.9. The molecule has 3 rings (SSSR count). The molecular formula is C21H28Cl4N4. The molecule has 2 N–H and O–H groups in total. The minimum Gasteiger partial charge on any atom is -0.381 e. The molecule has 0 spiro atoms. The molecule has 0 fully saturated rings. The van der Waals surface area contributed by atoms with Crippen molar-refractivity contribution in [1.82, 2.24) is 10.3 Å². The fourth-order valence-corrected chi connectivity index (χ4v) is 3.07. The van der Waals surface area contributed by atoms with Gasteiger partial charge in [-0.2, -0.15) is 0 Å². The number of benzene rings is 2. The molecule has 160 valence electrons. The molecule has 3 aromatic rings. The van der Waals surface area contributed by atoms with E-state index in [9.17, 15) is 0 Å². The number of rotatable bonds is 7. The Morgan fingerprint density at radius 2 is 1.69 bits per heavy atom. The lowest BCUT2D eigenvalue weighted by atomic mass is 10.1. The van der Waals surface area contributed by atoms with Crippen LogP contribution in [0.3, 0.4) is 0 Å². The summed E-state index contributed by atoms with van der Waals surface area (Å²) in [7, 11) is 4.11. The number of aromatic nitrogens is 1. The van der Waals surface area contributed by atoms with E-state index in [0.717, 1.165) is 29.7 Å². The first kappa shape index (κ1) is 27.6. The number of nitrogens with zero attached hydrogens (tertiary/aromatic N) is 2. The van der Waals surface area contributed by atoms with Crippen LogP contribution in [0, 0.1) is 0 Å². The van der Waals surface area contributed by atoms with E-state index in [-0.39, 0.29) is 43.3 Å². The van der Waals surface area contributed by atoms with Gasteiger partial charge in [-0.05, 0) is 48.9 Å². The number of hydrogen-bond acceptors (Lipinski definition) is 4. The van der Waals surface area contributed by atoms with E-state index in [4.69, 9.17) is 11.6 Å². The highest BCUT2D eigenvalue weighted by molar-refractivity contribution is 6.31. The Bertz CT molecular complexity index is 872. The lowest BCUT2D eigenvalue weighted by molar-refractivity contribution is 0.632. The van der Waals surface area contributed by atoms with Crippen molar-refractivity contribution >= 4 is 71.1 Å². The Balaban J connectivity index is 0.00000261. The standard InChI is InChI=1S/C21H25ClN4.3ClH/c1-15(13-23-14-16-4-7-18(8-5-16)26(2)3)25-20-10-11-24-21-12-17(22)6-9-19(20)21;;;/h4-12,15,23H,13-14H2,1-3H3,(H,24,25);3*1H/t15-;;;/m0.../s1. The molecule has 29 heavy (non-hydrogen) atoms. The lowest BCUT2D eigenvalue weighted by Gasteiger charge is -2.18. The first-order valence-electron chi connectivity index (χ1n) is 8.81. The van der Waals surface area contributed by atoms with Crippen molar-refractivity contribution in [2.24, 2.45) is 0 Å². The van der Waals surface area contributed by atoms with Crippen LogP contribution < -0.4 is 15.5 Å². The molecule has 0 bridgehead atoms. The summed E-state index contributed by atoms with van der Waals surface area (Å²) in [6.07, 6.45) is 1.81. The summed E-state index contributed by atoms with van der Waals surface area (Å²) in [5.74, 6) is 0. The number of halogens is 4. The van der Waals surface area contributed by atoms with Gasteiger partial charge in [-0.1, -0.05) is 23.7 Å². The van der Waals surface area contributed by atoms with Gasteiger partial charge in [0.05, 0.1) is 5.52 Å². The molecule has 4 nitrogen and oxygen atoms in total. The monoisotopic (exact) mass is 476 g/mol. The predicted octanol–water partition coefficient (Wildman–Crippen LogP) is 5.81. The fourth-order valence-electron chi connectivity index (χ4n) is 2.91. The van der Waals surface area contributed by atoms with Crippen LogP contribution in [0.1, 0.15) is 12.5 Å². The summed E-state index contributed by atoms with van der Waals surface area (Å²) in [6.45, 7) is 3.89. The molecule has 0 radical (unpaired) electrons. The third kappa shape index (κ3) is 7.72. The Hall–Kier alpha value is -1.43. The van der Waals surface area contributed by atoms with Crippen molar-refractivity contribution in [2.75, 3.05) is 30.9 Å². The topological polar surface area (TPSA) is 40.2 Å². The summed E-state index contributed by atoms with van der Waals surface area (Å²) >= 11 is 6.06. The van der Waals surface area contributed by atoms with Crippen LogP contribution in [0.25, 0.3) is 10.9 Å². The minimum absolute atomic E-state index is 0. The van der Waals surface area contributed by atoms with E-state index in [1.165, 1.54) is 11.3 Å². The Kier molecular flexibility index (Phi) is 12.3. The molecule has 1 heterocycles. The molecule has 0 saturated carbocycles. The maximum atomic E-state index is 6.06. The highest BCUT2D eigenvalue weighted by Gasteiger charge is 2.06.